The van der Waals surface area contributed by atoms with Gasteiger partial charge in [0.2, 0.25) is 0 Å². The highest BCUT2D eigenvalue weighted by atomic mass is 32.1. The number of ether oxygens (including phenoxy) is 4. The molecule has 6 aromatic carbocycles. The molecular weight excluding hydrogens is 1220 g/mol. The van der Waals surface area contributed by atoms with Crippen LogP contribution >= 0.6 is 34.0 Å². The van der Waals surface area contributed by atoms with Crippen LogP contribution in [0.25, 0.3) is 40.4 Å². The van der Waals surface area contributed by atoms with E-state index >= 15 is 0 Å². The summed E-state index contributed by atoms with van der Waals surface area (Å²) in [6.45, 7) is 7.20. The van der Waals surface area contributed by atoms with E-state index < -0.39 is 0 Å². The molecule has 12 heteroatoms. The Labute approximate surface area is 568 Å². The number of benzene rings is 6. The van der Waals surface area contributed by atoms with Crippen molar-refractivity contribution in [1.82, 2.24) is 4.90 Å². The maximum absolute atomic E-state index is 14.9. The average Bonchev–Trinajstić information content (AvgIpc) is 1.03. The number of imide groups is 1. The monoisotopic (exact) mass is 1310 g/mol. The second-order valence-electron chi connectivity index (χ2n) is 26.5. The van der Waals surface area contributed by atoms with E-state index in [0.29, 0.717) is 17.7 Å². The molecule has 3 aromatic heterocycles. The molecule has 0 N–H and O–H groups in total. The number of thiophene rings is 3. The number of hydrogen-bond acceptors (Lipinski definition) is 11. The van der Waals surface area contributed by atoms with E-state index in [4.69, 9.17) is 18.9 Å². The highest BCUT2D eigenvalue weighted by Gasteiger charge is 2.43. The summed E-state index contributed by atoms with van der Waals surface area (Å²) >= 11 is 4.88. The van der Waals surface area contributed by atoms with Crippen LogP contribution in [0.1, 0.15) is 220 Å². The van der Waals surface area contributed by atoms with E-state index in [-0.39, 0.29) is 11.8 Å². The van der Waals surface area contributed by atoms with E-state index in [1.54, 1.807) is 34.0 Å². The lowest BCUT2D eigenvalue weighted by Gasteiger charge is -2.38. The fourth-order valence-electron chi connectivity index (χ4n) is 14.5. The minimum Gasteiger partial charge on any atom is -0.453 e. The van der Waals surface area contributed by atoms with Crippen LogP contribution in [-0.4, -0.2) is 23.3 Å². The number of nitrogens with zero attached hydrogens (tertiary/aromatic N) is 3. The van der Waals surface area contributed by atoms with Gasteiger partial charge >= 0.3 is 0 Å². The van der Waals surface area contributed by atoms with Gasteiger partial charge in [-0.05, 0) is 151 Å². The normalized spacial score (nSPS) is 13.5. The maximum atomic E-state index is 14.9. The molecule has 0 fully saturated rings. The second kappa shape index (κ2) is 29.6. The Balaban J connectivity index is 0.730. The first-order valence-electron chi connectivity index (χ1n) is 35.7. The van der Waals surface area contributed by atoms with Crippen LogP contribution in [0.5, 0.6) is 46.0 Å². The van der Waals surface area contributed by atoms with Crippen molar-refractivity contribution in [1.29, 1.82) is 0 Å². The standard InChI is InChI=1S/C82H89N3O6S3/c1-4-7-10-13-16-18-20-22-24-27-34-55-49-67-77-69(51-55)90-65-53-57(40-42-61(65)84(77)59-36-29-31-38-63(59)88-67)71-44-46-73(92-71)79-75-76(82(87)83(81(75)86)48-33-26-15-12-9-6-3)80(94-79)74-47-45-72(93-74)58-41-43-62-66(54-58)91-70-52-56(35-28-25-23-21-19-17-14-11-8-5-2)50-68-78(70)85(62)60-37-30-32-39-64(60)89-68/h29-32,36-47,49-54H,4-28,33-35,48H2,1-3H3. The van der Waals surface area contributed by atoms with Crippen LogP contribution in [0.4, 0.5) is 34.1 Å². The first-order chi connectivity index (χ1) is 46.3. The van der Waals surface area contributed by atoms with Gasteiger partial charge in [0.15, 0.2) is 46.0 Å². The number of fused-ring (bicyclic) bond motifs is 9. The molecule has 0 unspecified atom stereocenters. The van der Waals surface area contributed by atoms with Crippen LogP contribution in [-0.2, 0) is 12.8 Å². The lowest BCUT2D eigenvalue weighted by Crippen LogP contribution is -2.31. The van der Waals surface area contributed by atoms with E-state index in [2.05, 4.69) is 152 Å². The lowest BCUT2D eigenvalue weighted by molar-refractivity contribution is 0.0651. The molecule has 0 radical (unpaired) electrons. The molecule has 14 rings (SSSR count). The highest BCUT2D eigenvalue weighted by molar-refractivity contribution is 7.28. The topological polar surface area (TPSA) is 80.8 Å². The Bertz CT molecular complexity index is 3940. The lowest BCUT2D eigenvalue weighted by atomic mass is 10.0. The van der Waals surface area contributed by atoms with Gasteiger partial charge in [0, 0.05) is 26.1 Å². The third kappa shape index (κ3) is 13.2. The van der Waals surface area contributed by atoms with E-state index in [1.807, 2.05) is 12.1 Å². The van der Waals surface area contributed by atoms with Gasteiger partial charge in [-0.15, -0.1) is 34.0 Å². The summed E-state index contributed by atoms with van der Waals surface area (Å²) in [4.78, 5) is 41.7. The first kappa shape index (κ1) is 63.7. The molecular formula is C82H89N3O6S3. The number of amides is 2. The fraction of sp³-hybridized carbons (Fsp3) is 0.390. The number of hydrogen-bond donors (Lipinski definition) is 0. The van der Waals surface area contributed by atoms with Gasteiger partial charge in [0.05, 0.1) is 43.6 Å². The Morgan fingerprint density at radius 3 is 1.06 bits per heavy atom. The zero-order chi connectivity index (χ0) is 63.9. The summed E-state index contributed by atoms with van der Waals surface area (Å²) in [5, 5.41) is 0. The van der Waals surface area contributed by atoms with Crippen molar-refractivity contribution in [3.05, 3.63) is 156 Å². The van der Waals surface area contributed by atoms with E-state index in [1.165, 1.54) is 151 Å². The number of carbonyl (C=O) groups excluding carboxylic acids is 2. The smallest absolute Gasteiger partial charge is 0.263 e. The predicted octanol–water partition coefficient (Wildman–Crippen LogP) is 26.8. The molecule has 9 aromatic rings. The molecule has 486 valence electrons. The first-order valence-corrected chi connectivity index (χ1v) is 38.2. The van der Waals surface area contributed by atoms with Crippen molar-refractivity contribution in [2.45, 2.75) is 201 Å². The quantitative estimate of drug-likeness (QED) is 0.0297. The van der Waals surface area contributed by atoms with Gasteiger partial charge in [-0.1, -0.05) is 205 Å². The molecule has 5 aliphatic rings. The molecule has 8 heterocycles. The van der Waals surface area contributed by atoms with Gasteiger partial charge in [-0.3, -0.25) is 24.3 Å². The predicted molar refractivity (Wildman–Crippen MR) is 391 cm³/mol. The molecule has 0 spiro atoms. The van der Waals surface area contributed by atoms with Gasteiger partial charge in [0.25, 0.3) is 11.8 Å². The Morgan fingerprint density at radius 1 is 0.319 bits per heavy atom. The summed E-state index contributed by atoms with van der Waals surface area (Å²) in [6, 6.07) is 47.0. The number of carbonyl (C=O) groups is 2. The van der Waals surface area contributed by atoms with Crippen molar-refractivity contribution in [3.63, 3.8) is 0 Å². The van der Waals surface area contributed by atoms with Gasteiger partial charge in [-0.25, -0.2) is 0 Å². The minimum absolute atomic E-state index is 0.192. The SMILES string of the molecule is CCCCCCCCCCCCc1cc2c3c(c1)Oc1cc(-c4ccc(-c5sc(-c6ccc(-c7ccc8c(c7)Oc7cc(CCCCCCCCCCCC)cc9c7N8c7ccccc7O9)s6)c6c5C(=O)N(CCCCCCCC)C6=O)s4)ccc1N3c1ccccc1O2. The third-order valence-corrected chi connectivity index (χ3v) is 23.4. The van der Waals surface area contributed by atoms with E-state index in [0.717, 1.165) is 165 Å². The van der Waals surface area contributed by atoms with Crippen LogP contribution in [0.15, 0.2) is 133 Å². The largest absolute Gasteiger partial charge is 0.453 e. The Morgan fingerprint density at radius 2 is 0.660 bits per heavy atom. The summed E-state index contributed by atoms with van der Waals surface area (Å²) in [7, 11) is 0. The summed E-state index contributed by atoms with van der Waals surface area (Å²) in [5.74, 6) is 6.05. The molecule has 0 aliphatic carbocycles. The molecule has 0 saturated carbocycles. The molecule has 2 amide bonds. The van der Waals surface area contributed by atoms with Gasteiger partial charge < -0.3 is 18.9 Å². The fourth-order valence-corrected chi connectivity index (χ4v) is 18.0. The molecule has 94 heavy (non-hydrogen) atoms. The molecule has 5 aliphatic heterocycles. The highest BCUT2D eigenvalue weighted by Crippen LogP contribution is 2.63. The Kier molecular flexibility index (Phi) is 20.0. The Hall–Kier alpha value is -7.64. The van der Waals surface area contributed by atoms with Crippen molar-refractivity contribution >= 4 is 79.9 Å². The van der Waals surface area contributed by atoms with Crippen molar-refractivity contribution in [2.75, 3.05) is 16.3 Å². The van der Waals surface area contributed by atoms with Gasteiger partial charge in [0.1, 0.15) is 11.4 Å². The zero-order valence-electron chi connectivity index (χ0n) is 55.2. The molecule has 0 saturated heterocycles. The molecule has 0 atom stereocenters. The average molecular weight is 1310 g/mol. The molecule has 9 nitrogen and oxygen atoms in total. The minimum atomic E-state index is -0.192. The molecule has 0 bridgehead atoms. The van der Waals surface area contributed by atoms with Crippen molar-refractivity contribution in [3.8, 4) is 86.4 Å². The summed E-state index contributed by atoms with van der Waals surface area (Å²) in [6.07, 6.45) is 34.4. The van der Waals surface area contributed by atoms with Crippen LogP contribution in [0, 0.1) is 0 Å². The van der Waals surface area contributed by atoms with Crippen molar-refractivity contribution < 1.29 is 28.5 Å². The van der Waals surface area contributed by atoms with Crippen molar-refractivity contribution in [2.24, 2.45) is 0 Å². The second-order valence-corrected chi connectivity index (χ2v) is 29.7. The summed E-state index contributed by atoms with van der Waals surface area (Å²) in [5.41, 5.74) is 11.3. The number of aryl methyl sites for hydroxylation is 2. The third-order valence-electron chi connectivity index (χ3n) is 19.6. The maximum Gasteiger partial charge on any atom is 0.263 e. The number of rotatable bonds is 33. The van der Waals surface area contributed by atoms with Gasteiger partial charge in [-0.2, -0.15) is 0 Å². The number of anilines is 6. The number of para-hydroxylation sites is 4. The summed E-state index contributed by atoms with van der Waals surface area (Å²) < 4.78 is 27.3. The van der Waals surface area contributed by atoms with Crippen LogP contribution in [0.2, 0.25) is 0 Å². The van der Waals surface area contributed by atoms with Crippen LogP contribution in [0.3, 0.4) is 0 Å². The zero-order valence-corrected chi connectivity index (χ0v) is 57.7. The van der Waals surface area contributed by atoms with E-state index in [9.17, 15) is 9.59 Å². The number of unbranched alkanes of at least 4 members (excludes halogenated alkanes) is 23. The van der Waals surface area contributed by atoms with Crippen LogP contribution < -0.4 is 28.7 Å².